The van der Waals surface area contributed by atoms with Crippen LogP contribution in [-0.4, -0.2) is 67.3 Å². The molecule has 10 nitrogen and oxygen atoms in total. The predicted octanol–water partition coefficient (Wildman–Crippen LogP) is 3.33. The number of nitrogen functional groups attached to an aromatic ring is 1. The molecule has 0 spiro atoms. The molecule has 3 rings (SSSR count). The zero-order chi connectivity index (χ0) is 29.0. The first-order valence-electron chi connectivity index (χ1n) is 12.1. The zero-order valence-electron chi connectivity index (χ0n) is 21.3. The number of hydrogen-bond donors (Lipinski definition) is 4. The molecule has 1 atom stereocenters. The number of benzene rings is 2. The standard InChI is InChI=1S/C24H30N4O4.C2HF3O2/c1-2-31-22(29)15-19(16-32-21-7-5-6-18(14-21)23(25)26)27-24(30)17-8-10-20(11-9-17)28-12-3-4-13-28;3-2(4,5)1(6)7/h5-11,14,19H,2-4,12-13,15-16H2,1H3,(H3,25,26)(H,27,30);(H,6,7)/t19-;/m1./s1. The number of halogens is 3. The molecule has 0 unspecified atom stereocenters. The molecule has 0 saturated carbocycles. The molecule has 0 aliphatic carbocycles. The summed E-state index contributed by atoms with van der Waals surface area (Å²) in [5, 5.41) is 17.5. The molecule has 212 valence electrons. The van der Waals surface area contributed by atoms with Gasteiger partial charge in [-0.05, 0) is 56.2 Å². The maximum absolute atomic E-state index is 12.8. The van der Waals surface area contributed by atoms with Crippen LogP contribution < -0.4 is 20.7 Å². The lowest BCUT2D eigenvalue weighted by molar-refractivity contribution is -0.192. The van der Waals surface area contributed by atoms with Crippen LogP contribution >= 0.6 is 0 Å². The first kappa shape index (κ1) is 30.9. The van der Waals surface area contributed by atoms with Crippen LogP contribution in [-0.2, 0) is 14.3 Å². The number of amides is 1. The molecule has 1 saturated heterocycles. The van der Waals surface area contributed by atoms with Gasteiger partial charge in [0.15, 0.2) is 0 Å². The van der Waals surface area contributed by atoms with Crippen molar-refractivity contribution in [2.24, 2.45) is 5.73 Å². The minimum atomic E-state index is -5.08. The molecule has 1 aliphatic rings. The van der Waals surface area contributed by atoms with Crippen molar-refractivity contribution in [3.63, 3.8) is 0 Å². The Kier molecular flexibility index (Phi) is 11.6. The summed E-state index contributed by atoms with van der Waals surface area (Å²) >= 11 is 0. The first-order chi connectivity index (χ1) is 18.4. The summed E-state index contributed by atoms with van der Waals surface area (Å²) in [4.78, 5) is 36.0. The van der Waals surface area contributed by atoms with Crippen molar-refractivity contribution < 1.29 is 42.1 Å². The minimum Gasteiger partial charge on any atom is -0.491 e. The number of ether oxygens (including phenoxy) is 2. The number of amidine groups is 1. The number of carbonyl (C=O) groups excluding carboxylic acids is 2. The highest BCUT2D eigenvalue weighted by molar-refractivity contribution is 5.95. The number of rotatable bonds is 10. The fraction of sp³-hybridized carbons (Fsp3) is 0.385. The molecule has 0 radical (unpaired) electrons. The Balaban J connectivity index is 0.000000673. The zero-order valence-corrected chi connectivity index (χ0v) is 21.3. The lowest BCUT2D eigenvalue weighted by Crippen LogP contribution is -2.41. The summed E-state index contributed by atoms with van der Waals surface area (Å²) < 4.78 is 42.6. The Labute approximate surface area is 223 Å². The average molecular weight is 553 g/mol. The van der Waals surface area contributed by atoms with Crippen molar-refractivity contribution in [3.05, 3.63) is 59.7 Å². The number of carbonyl (C=O) groups is 3. The van der Waals surface area contributed by atoms with E-state index in [0.29, 0.717) is 16.9 Å². The molecular weight excluding hydrogens is 521 g/mol. The van der Waals surface area contributed by atoms with Gasteiger partial charge in [0, 0.05) is 29.9 Å². The third-order valence-corrected chi connectivity index (χ3v) is 5.49. The molecule has 1 fully saturated rings. The van der Waals surface area contributed by atoms with Crippen molar-refractivity contribution in [1.29, 1.82) is 5.41 Å². The number of nitrogens with two attached hydrogens (primary N) is 1. The predicted molar refractivity (Wildman–Crippen MR) is 137 cm³/mol. The van der Waals surface area contributed by atoms with Gasteiger partial charge in [-0.1, -0.05) is 12.1 Å². The van der Waals surface area contributed by atoms with E-state index in [0.717, 1.165) is 18.8 Å². The van der Waals surface area contributed by atoms with Crippen LogP contribution in [0.15, 0.2) is 48.5 Å². The van der Waals surface area contributed by atoms with Crippen LogP contribution in [0.3, 0.4) is 0 Å². The summed E-state index contributed by atoms with van der Waals surface area (Å²) in [6, 6.07) is 13.7. The van der Waals surface area contributed by atoms with Gasteiger partial charge < -0.3 is 30.5 Å². The highest BCUT2D eigenvalue weighted by atomic mass is 19.4. The molecule has 0 aromatic heterocycles. The van der Waals surface area contributed by atoms with E-state index in [1.165, 1.54) is 12.8 Å². The average Bonchev–Trinajstić information content (AvgIpc) is 3.42. The monoisotopic (exact) mass is 552 g/mol. The quantitative estimate of drug-likeness (QED) is 0.199. The number of esters is 1. The van der Waals surface area contributed by atoms with Crippen molar-refractivity contribution in [3.8, 4) is 5.75 Å². The Hall–Kier alpha value is -4.29. The maximum atomic E-state index is 12.8. The molecule has 13 heteroatoms. The van der Waals surface area contributed by atoms with E-state index >= 15 is 0 Å². The summed E-state index contributed by atoms with van der Waals surface area (Å²) in [5.41, 5.74) is 7.68. The van der Waals surface area contributed by atoms with E-state index in [1.54, 1.807) is 43.3 Å². The highest BCUT2D eigenvalue weighted by Gasteiger charge is 2.38. The SMILES string of the molecule is CCOC(=O)C[C@H](COc1cccc(C(=N)N)c1)NC(=O)c1ccc(N2CCCC2)cc1.O=C(O)C(F)(F)F. The van der Waals surface area contributed by atoms with Crippen molar-refractivity contribution in [1.82, 2.24) is 5.32 Å². The minimum absolute atomic E-state index is 0.0160. The van der Waals surface area contributed by atoms with Crippen LogP contribution in [0.1, 0.15) is 42.1 Å². The van der Waals surface area contributed by atoms with Gasteiger partial charge in [0.1, 0.15) is 18.2 Å². The second-order valence-electron chi connectivity index (χ2n) is 8.48. The van der Waals surface area contributed by atoms with Crippen LogP contribution in [0.2, 0.25) is 0 Å². The van der Waals surface area contributed by atoms with Crippen LogP contribution in [0.5, 0.6) is 5.75 Å². The van der Waals surface area contributed by atoms with E-state index in [-0.39, 0.29) is 31.4 Å². The second kappa shape index (κ2) is 14.6. The highest BCUT2D eigenvalue weighted by Crippen LogP contribution is 2.20. The Morgan fingerprint density at radius 2 is 1.72 bits per heavy atom. The first-order valence-corrected chi connectivity index (χ1v) is 12.1. The van der Waals surface area contributed by atoms with Crippen molar-refractivity contribution in [2.45, 2.75) is 38.4 Å². The molecule has 1 amide bonds. The smallest absolute Gasteiger partial charge is 0.490 e. The van der Waals surface area contributed by atoms with Gasteiger partial charge in [0.25, 0.3) is 5.91 Å². The van der Waals surface area contributed by atoms with Crippen LogP contribution in [0, 0.1) is 5.41 Å². The van der Waals surface area contributed by atoms with Gasteiger partial charge in [0.2, 0.25) is 0 Å². The fourth-order valence-electron chi connectivity index (χ4n) is 3.59. The number of nitrogens with zero attached hydrogens (tertiary/aromatic N) is 1. The Morgan fingerprint density at radius 1 is 1.10 bits per heavy atom. The number of nitrogens with one attached hydrogen (secondary N) is 2. The number of carboxylic acid groups (broad SMARTS) is 1. The molecule has 0 bridgehead atoms. The van der Waals surface area contributed by atoms with Crippen molar-refractivity contribution in [2.75, 3.05) is 31.2 Å². The number of aliphatic carboxylic acids is 1. The Morgan fingerprint density at radius 3 is 2.26 bits per heavy atom. The number of carboxylic acids is 1. The molecular formula is C26H31F3N4O6. The van der Waals surface area contributed by atoms with Crippen LogP contribution in [0.4, 0.5) is 18.9 Å². The maximum Gasteiger partial charge on any atom is 0.490 e. The van der Waals surface area contributed by atoms with Crippen LogP contribution in [0.25, 0.3) is 0 Å². The van der Waals surface area contributed by atoms with E-state index < -0.39 is 24.2 Å². The molecule has 1 aliphatic heterocycles. The van der Waals surface area contributed by atoms with E-state index in [1.807, 2.05) is 12.1 Å². The lowest BCUT2D eigenvalue weighted by atomic mass is 10.1. The largest absolute Gasteiger partial charge is 0.491 e. The lowest BCUT2D eigenvalue weighted by Gasteiger charge is -2.20. The van der Waals surface area contributed by atoms with E-state index in [9.17, 15) is 22.8 Å². The summed E-state index contributed by atoms with van der Waals surface area (Å²) in [6.07, 6.45) is -2.72. The third-order valence-electron chi connectivity index (χ3n) is 5.49. The van der Waals surface area contributed by atoms with E-state index in [4.69, 9.17) is 30.5 Å². The van der Waals surface area contributed by atoms with Gasteiger partial charge in [-0.3, -0.25) is 15.0 Å². The number of alkyl halides is 3. The fourth-order valence-corrected chi connectivity index (χ4v) is 3.59. The molecule has 2 aromatic rings. The summed E-state index contributed by atoms with van der Waals surface area (Å²) in [5.74, 6) is -3.02. The Bertz CT molecular complexity index is 1140. The normalized spacial score (nSPS) is 13.5. The molecule has 1 heterocycles. The van der Waals surface area contributed by atoms with Gasteiger partial charge in [-0.25, -0.2) is 4.79 Å². The summed E-state index contributed by atoms with van der Waals surface area (Å²) in [7, 11) is 0. The van der Waals surface area contributed by atoms with Gasteiger partial charge in [0.05, 0.1) is 19.1 Å². The second-order valence-corrected chi connectivity index (χ2v) is 8.48. The topological polar surface area (TPSA) is 155 Å². The van der Waals surface area contributed by atoms with Gasteiger partial charge in [-0.15, -0.1) is 0 Å². The number of hydrogen-bond acceptors (Lipinski definition) is 7. The van der Waals surface area contributed by atoms with Gasteiger partial charge >= 0.3 is 18.1 Å². The number of anilines is 1. The summed E-state index contributed by atoms with van der Waals surface area (Å²) in [6.45, 7) is 4.14. The molecule has 39 heavy (non-hydrogen) atoms. The van der Waals surface area contributed by atoms with Gasteiger partial charge in [-0.2, -0.15) is 13.2 Å². The van der Waals surface area contributed by atoms with E-state index in [2.05, 4.69) is 10.2 Å². The third kappa shape index (κ3) is 10.5. The molecule has 2 aromatic carbocycles. The van der Waals surface area contributed by atoms with Crippen molar-refractivity contribution >= 4 is 29.4 Å². The molecule has 5 N–H and O–H groups in total.